The minimum atomic E-state index is -3.08. The van der Waals surface area contributed by atoms with Crippen LogP contribution in [0, 0.1) is 11.3 Å². The number of hydrogen-bond donors (Lipinski definition) is 1. The van der Waals surface area contributed by atoms with E-state index >= 15 is 0 Å². The van der Waals surface area contributed by atoms with Crippen molar-refractivity contribution in [1.82, 2.24) is 0 Å². The number of carbonyl (C=O) groups excluding carboxylic acids is 1. The standard InChI is InChI=1S/C11H9F2NO3S/c1-2-16-10(15)8-7(17-11(12)13)4-3-6(5-14)9(8)18/h3-4,11,18H,2H2,1H3. The van der Waals surface area contributed by atoms with Gasteiger partial charge in [0, 0.05) is 4.90 Å². The predicted molar refractivity (Wildman–Crippen MR) is 61.0 cm³/mol. The zero-order valence-corrected chi connectivity index (χ0v) is 10.2. The fraction of sp³-hybridized carbons (Fsp3) is 0.273. The molecule has 0 N–H and O–H groups in total. The second-order valence-electron chi connectivity index (χ2n) is 3.05. The van der Waals surface area contributed by atoms with Crippen molar-refractivity contribution in [3.8, 4) is 11.8 Å². The summed E-state index contributed by atoms with van der Waals surface area (Å²) in [5, 5.41) is 8.79. The van der Waals surface area contributed by atoms with E-state index in [1.165, 1.54) is 6.07 Å². The number of benzene rings is 1. The van der Waals surface area contributed by atoms with Crippen LogP contribution in [0.5, 0.6) is 5.75 Å². The van der Waals surface area contributed by atoms with Gasteiger partial charge in [-0.2, -0.15) is 14.0 Å². The van der Waals surface area contributed by atoms with Gasteiger partial charge >= 0.3 is 12.6 Å². The summed E-state index contributed by atoms with van der Waals surface area (Å²) in [6, 6.07) is 4.13. The molecule has 1 rings (SSSR count). The van der Waals surface area contributed by atoms with E-state index < -0.39 is 12.6 Å². The molecule has 7 heteroatoms. The largest absolute Gasteiger partial charge is 0.462 e. The van der Waals surface area contributed by atoms with Crippen molar-refractivity contribution >= 4 is 18.6 Å². The first kappa shape index (κ1) is 14.3. The van der Waals surface area contributed by atoms with Crippen molar-refractivity contribution in [2.75, 3.05) is 6.61 Å². The first-order valence-electron chi connectivity index (χ1n) is 4.89. The van der Waals surface area contributed by atoms with Gasteiger partial charge in [-0.15, -0.1) is 12.6 Å². The van der Waals surface area contributed by atoms with Crippen molar-refractivity contribution in [2.24, 2.45) is 0 Å². The van der Waals surface area contributed by atoms with Crippen LogP contribution in [-0.2, 0) is 4.74 Å². The highest BCUT2D eigenvalue weighted by molar-refractivity contribution is 7.80. The number of nitriles is 1. The van der Waals surface area contributed by atoms with Gasteiger partial charge in [0.1, 0.15) is 17.4 Å². The van der Waals surface area contributed by atoms with Crippen LogP contribution in [-0.4, -0.2) is 19.2 Å². The van der Waals surface area contributed by atoms with Gasteiger partial charge in [-0.05, 0) is 19.1 Å². The average Bonchev–Trinajstić information content (AvgIpc) is 2.29. The summed E-state index contributed by atoms with van der Waals surface area (Å²) in [5.41, 5.74) is -0.206. The Hall–Kier alpha value is -1.81. The van der Waals surface area contributed by atoms with Crippen LogP contribution in [0.25, 0.3) is 0 Å². The van der Waals surface area contributed by atoms with E-state index in [1.807, 2.05) is 0 Å². The lowest BCUT2D eigenvalue weighted by atomic mass is 10.1. The van der Waals surface area contributed by atoms with Gasteiger partial charge in [-0.1, -0.05) is 0 Å². The van der Waals surface area contributed by atoms with E-state index in [0.29, 0.717) is 0 Å². The number of esters is 1. The van der Waals surface area contributed by atoms with E-state index in [-0.39, 0.29) is 28.4 Å². The van der Waals surface area contributed by atoms with Crippen molar-refractivity contribution in [3.63, 3.8) is 0 Å². The lowest BCUT2D eigenvalue weighted by molar-refractivity contribution is -0.0506. The molecule has 0 bridgehead atoms. The number of nitrogens with zero attached hydrogens (tertiary/aromatic N) is 1. The van der Waals surface area contributed by atoms with Gasteiger partial charge in [0.25, 0.3) is 0 Å². The fourth-order valence-corrected chi connectivity index (χ4v) is 1.58. The topological polar surface area (TPSA) is 59.3 Å². The molecule has 0 saturated heterocycles. The summed E-state index contributed by atoms with van der Waals surface area (Å²) in [6.07, 6.45) is 0. The monoisotopic (exact) mass is 273 g/mol. The molecule has 0 heterocycles. The molecule has 4 nitrogen and oxygen atoms in total. The van der Waals surface area contributed by atoms with Crippen LogP contribution in [0.3, 0.4) is 0 Å². The highest BCUT2D eigenvalue weighted by Gasteiger charge is 2.22. The normalized spacial score (nSPS) is 10.0. The van der Waals surface area contributed by atoms with Crippen molar-refractivity contribution < 1.29 is 23.0 Å². The molecule has 0 atom stereocenters. The van der Waals surface area contributed by atoms with E-state index in [0.717, 1.165) is 6.07 Å². The zero-order chi connectivity index (χ0) is 13.7. The van der Waals surface area contributed by atoms with Crippen LogP contribution >= 0.6 is 12.6 Å². The van der Waals surface area contributed by atoms with Crippen molar-refractivity contribution in [3.05, 3.63) is 23.3 Å². The third-order valence-electron chi connectivity index (χ3n) is 1.96. The number of thiol groups is 1. The van der Waals surface area contributed by atoms with E-state index in [1.54, 1.807) is 13.0 Å². The number of alkyl halides is 2. The number of ether oxygens (including phenoxy) is 2. The second kappa shape index (κ2) is 6.21. The van der Waals surface area contributed by atoms with Crippen LogP contribution < -0.4 is 4.74 Å². The maximum atomic E-state index is 12.2. The smallest absolute Gasteiger partial charge is 0.387 e. The lowest BCUT2D eigenvalue weighted by Gasteiger charge is -2.12. The molecule has 0 unspecified atom stereocenters. The summed E-state index contributed by atoms with van der Waals surface area (Å²) in [5.74, 6) is -1.23. The molecular formula is C11H9F2NO3S. The molecule has 0 aliphatic heterocycles. The third-order valence-corrected chi connectivity index (χ3v) is 2.42. The average molecular weight is 273 g/mol. The Bertz CT molecular complexity index is 500. The van der Waals surface area contributed by atoms with E-state index in [2.05, 4.69) is 17.4 Å². The first-order valence-corrected chi connectivity index (χ1v) is 5.34. The van der Waals surface area contributed by atoms with Crippen molar-refractivity contribution in [1.29, 1.82) is 5.26 Å². The molecule has 0 aliphatic carbocycles. The summed E-state index contributed by atoms with van der Waals surface area (Å²) < 4.78 is 33.3. The Morgan fingerprint density at radius 2 is 2.22 bits per heavy atom. The summed E-state index contributed by atoms with van der Waals surface area (Å²) in [7, 11) is 0. The molecule has 0 radical (unpaired) electrons. The minimum Gasteiger partial charge on any atom is -0.462 e. The molecule has 0 aliphatic rings. The molecule has 18 heavy (non-hydrogen) atoms. The van der Waals surface area contributed by atoms with Crippen LogP contribution in [0.4, 0.5) is 8.78 Å². The van der Waals surface area contributed by atoms with Crippen LogP contribution in [0.15, 0.2) is 17.0 Å². The maximum absolute atomic E-state index is 12.2. The van der Waals surface area contributed by atoms with E-state index in [9.17, 15) is 13.6 Å². The number of halogens is 2. The SMILES string of the molecule is CCOC(=O)c1c(OC(F)F)ccc(C#N)c1S. The van der Waals surface area contributed by atoms with Gasteiger partial charge in [0.2, 0.25) is 0 Å². The molecule has 0 aromatic heterocycles. The van der Waals surface area contributed by atoms with Gasteiger partial charge in [0.15, 0.2) is 0 Å². The van der Waals surface area contributed by atoms with Gasteiger partial charge < -0.3 is 9.47 Å². The molecule has 0 saturated carbocycles. The Morgan fingerprint density at radius 1 is 1.56 bits per heavy atom. The summed E-state index contributed by atoms with van der Waals surface area (Å²) >= 11 is 3.97. The Kier molecular flexibility index (Phi) is 4.92. The molecular weight excluding hydrogens is 264 g/mol. The third kappa shape index (κ3) is 3.11. The highest BCUT2D eigenvalue weighted by Crippen LogP contribution is 2.30. The molecule has 0 fully saturated rings. The van der Waals surface area contributed by atoms with Crippen LogP contribution in [0.2, 0.25) is 0 Å². The molecule has 0 amide bonds. The Labute approximate surface area is 108 Å². The lowest BCUT2D eigenvalue weighted by Crippen LogP contribution is -2.12. The summed E-state index contributed by atoms with van der Waals surface area (Å²) in [6.45, 7) is -1.45. The Morgan fingerprint density at radius 3 is 2.72 bits per heavy atom. The van der Waals surface area contributed by atoms with Gasteiger partial charge in [-0.3, -0.25) is 0 Å². The fourth-order valence-electron chi connectivity index (χ4n) is 1.26. The number of hydrogen-bond acceptors (Lipinski definition) is 5. The molecule has 1 aromatic carbocycles. The van der Waals surface area contributed by atoms with Gasteiger partial charge in [0.05, 0.1) is 12.2 Å². The van der Waals surface area contributed by atoms with Crippen LogP contribution in [0.1, 0.15) is 22.8 Å². The van der Waals surface area contributed by atoms with E-state index in [4.69, 9.17) is 10.00 Å². The minimum absolute atomic E-state index is 0.0471. The van der Waals surface area contributed by atoms with Crippen molar-refractivity contribution in [2.45, 2.75) is 18.4 Å². The molecule has 1 aromatic rings. The maximum Gasteiger partial charge on any atom is 0.387 e. The van der Waals surface area contributed by atoms with Gasteiger partial charge in [-0.25, -0.2) is 4.79 Å². The molecule has 0 spiro atoms. The second-order valence-corrected chi connectivity index (χ2v) is 3.49. The summed E-state index contributed by atoms with van der Waals surface area (Å²) in [4.78, 5) is 11.6. The molecule has 96 valence electrons. The Balaban J connectivity index is 3.31. The zero-order valence-electron chi connectivity index (χ0n) is 9.31. The first-order chi connectivity index (χ1) is 8.51. The predicted octanol–water partition coefficient (Wildman–Crippen LogP) is 2.63. The highest BCUT2D eigenvalue weighted by atomic mass is 32.1. The quantitative estimate of drug-likeness (QED) is 0.676. The number of carbonyl (C=O) groups is 1. The number of rotatable bonds is 4.